The number of rotatable bonds is 3. The zero-order chi connectivity index (χ0) is 9.84. The number of hydrogen-bond acceptors (Lipinski definition) is 2. The topological polar surface area (TPSA) is 66.6 Å². The molecule has 0 saturated carbocycles. The standard InChI is InChI=1S/C8H13N3O2/c1-2-5-11(8(9)13)10-6-3-4-7(10)12/h2H,1,3-6H2,(H2,9,13). The third-order valence-corrected chi connectivity index (χ3v) is 1.90. The molecule has 1 fully saturated rings. The predicted molar refractivity (Wildman–Crippen MR) is 47.4 cm³/mol. The monoisotopic (exact) mass is 183 g/mol. The van der Waals surface area contributed by atoms with Crippen LogP contribution in [0.25, 0.3) is 0 Å². The maximum atomic E-state index is 11.2. The smallest absolute Gasteiger partial charge is 0.333 e. The SMILES string of the molecule is C=CCN(C(N)=O)N1CCCC1=O. The number of amides is 3. The molecule has 5 heteroatoms. The van der Waals surface area contributed by atoms with Gasteiger partial charge in [-0.1, -0.05) is 6.08 Å². The molecule has 0 aromatic rings. The Morgan fingerprint density at radius 3 is 2.85 bits per heavy atom. The maximum absolute atomic E-state index is 11.2. The number of carbonyl (C=O) groups excluding carboxylic acids is 2. The van der Waals surface area contributed by atoms with Crippen LogP contribution in [0.1, 0.15) is 12.8 Å². The van der Waals surface area contributed by atoms with Gasteiger partial charge in [0.15, 0.2) is 0 Å². The summed E-state index contributed by atoms with van der Waals surface area (Å²) in [6.07, 6.45) is 2.80. The zero-order valence-electron chi connectivity index (χ0n) is 7.40. The van der Waals surface area contributed by atoms with Crippen molar-refractivity contribution >= 4 is 11.9 Å². The third kappa shape index (κ3) is 1.99. The lowest BCUT2D eigenvalue weighted by molar-refractivity contribution is -0.138. The highest BCUT2D eigenvalue weighted by Crippen LogP contribution is 2.12. The van der Waals surface area contributed by atoms with Crippen molar-refractivity contribution in [3.8, 4) is 0 Å². The Bertz CT molecular complexity index is 240. The van der Waals surface area contributed by atoms with Crippen molar-refractivity contribution in [2.45, 2.75) is 12.8 Å². The Hall–Kier alpha value is -1.52. The minimum absolute atomic E-state index is 0.0550. The van der Waals surface area contributed by atoms with Crippen LogP contribution in [0.2, 0.25) is 0 Å². The van der Waals surface area contributed by atoms with Crippen LogP contribution < -0.4 is 5.73 Å². The van der Waals surface area contributed by atoms with Gasteiger partial charge in [0, 0.05) is 13.0 Å². The molecule has 72 valence electrons. The van der Waals surface area contributed by atoms with Gasteiger partial charge in [0.25, 0.3) is 0 Å². The normalized spacial score (nSPS) is 16.0. The molecule has 0 aromatic carbocycles. The van der Waals surface area contributed by atoms with Crippen molar-refractivity contribution in [3.63, 3.8) is 0 Å². The Labute approximate surface area is 76.8 Å². The Morgan fingerprint density at radius 2 is 2.46 bits per heavy atom. The van der Waals surface area contributed by atoms with E-state index in [0.717, 1.165) is 6.42 Å². The molecule has 0 bridgehead atoms. The van der Waals surface area contributed by atoms with Crippen LogP contribution in [0.3, 0.4) is 0 Å². The average molecular weight is 183 g/mol. The van der Waals surface area contributed by atoms with E-state index in [1.54, 1.807) is 0 Å². The highest BCUT2D eigenvalue weighted by Gasteiger charge is 2.27. The van der Waals surface area contributed by atoms with Gasteiger partial charge in [-0.3, -0.25) is 4.79 Å². The summed E-state index contributed by atoms with van der Waals surface area (Å²) in [6.45, 7) is 4.34. The number of carbonyl (C=O) groups is 2. The van der Waals surface area contributed by atoms with Crippen LogP contribution in [-0.4, -0.2) is 35.0 Å². The number of hydrazine groups is 1. The van der Waals surface area contributed by atoms with Gasteiger partial charge in [0.1, 0.15) is 0 Å². The molecule has 3 amide bonds. The molecule has 1 heterocycles. The number of urea groups is 1. The van der Waals surface area contributed by atoms with E-state index in [1.807, 2.05) is 0 Å². The molecule has 1 aliphatic heterocycles. The van der Waals surface area contributed by atoms with Crippen LogP contribution in [0.5, 0.6) is 0 Å². The van der Waals surface area contributed by atoms with E-state index in [4.69, 9.17) is 5.73 Å². The summed E-state index contributed by atoms with van der Waals surface area (Å²) < 4.78 is 0. The second-order valence-corrected chi connectivity index (χ2v) is 2.83. The molecule has 0 unspecified atom stereocenters. The molecule has 0 aromatic heterocycles. The maximum Gasteiger partial charge on any atom is 0.333 e. The van der Waals surface area contributed by atoms with Gasteiger partial charge < -0.3 is 5.73 Å². The summed E-state index contributed by atoms with van der Waals surface area (Å²) >= 11 is 0. The molecular formula is C8H13N3O2. The van der Waals surface area contributed by atoms with Crippen molar-refractivity contribution in [1.82, 2.24) is 10.0 Å². The molecule has 5 nitrogen and oxygen atoms in total. The van der Waals surface area contributed by atoms with Crippen molar-refractivity contribution in [2.75, 3.05) is 13.1 Å². The van der Waals surface area contributed by atoms with E-state index >= 15 is 0 Å². The fraction of sp³-hybridized carbons (Fsp3) is 0.500. The van der Waals surface area contributed by atoms with E-state index < -0.39 is 6.03 Å². The highest BCUT2D eigenvalue weighted by molar-refractivity contribution is 5.82. The largest absolute Gasteiger partial charge is 0.350 e. The Balaban J connectivity index is 2.68. The average Bonchev–Trinajstić information content (AvgIpc) is 2.47. The molecule has 1 saturated heterocycles. The third-order valence-electron chi connectivity index (χ3n) is 1.90. The quantitative estimate of drug-likeness (QED) is 0.630. The lowest BCUT2D eigenvalue weighted by Crippen LogP contribution is -2.49. The molecular weight excluding hydrogens is 170 g/mol. The zero-order valence-corrected chi connectivity index (χ0v) is 7.40. The van der Waals surface area contributed by atoms with E-state index in [1.165, 1.54) is 16.1 Å². The van der Waals surface area contributed by atoms with Gasteiger partial charge in [-0.05, 0) is 6.42 Å². The van der Waals surface area contributed by atoms with Crippen LogP contribution in [-0.2, 0) is 4.79 Å². The number of nitrogens with two attached hydrogens (primary N) is 1. The lowest BCUT2D eigenvalue weighted by atomic mass is 10.4. The first-order valence-electron chi connectivity index (χ1n) is 4.15. The van der Waals surface area contributed by atoms with Gasteiger partial charge in [-0.2, -0.15) is 0 Å². The van der Waals surface area contributed by atoms with Crippen LogP contribution in [0.4, 0.5) is 4.79 Å². The van der Waals surface area contributed by atoms with Crippen molar-refractivity contribution < 1.29 is 9.59 Å². The molecule has 13 heavy (non-hydrogen) atoms. The summed E-state index contributed by atoms with van der Waals surface area (Å²) in [4.78, 5) is 22.2. The van der Waals surface area contributed by atoms with Crippen molar-refractivity contribution in [1.29, 1.82) is 0 Å². The summed E-state index contributed by atoms with van der Waals surface area (Å²) in [6, 6.07) is -0.616. The van der Waals surface area contributed by atoms with Crippen molar-refractivity contribution in [3.05, 3.63) is 12.7 Å². The van der Waals surface area contributed by atoms with Crippen molar-refractivity contribution in [2.24, 2.45) is 5.73 Å². The van der Waals surface area contributed by atoms with Gasteiger partial charge in [-0.15, -0.1) is 6.58 Å². The second kappa shape index (κ2) is 3.93. The van der Waals surface area contributed by atoms with Crippen LogP contribution in [0.15, 0.2) is 12.7 Å². The second-order valence-electron chi connectivity index (χ2n) is 2.83. The molecule has 0 aliphatic carbocycles. The highest BCUT2D eigenvalue weighted by atomic mass is 16.2. The number of hydrogen-bond donors (Lipinski definition) is 1. The van der Waals surface area contributed by atoms with E-state index in [0.29, 0.717) is 13.0 Å². The number of primary amides is 1. The van der Waals surface area contributed by atoms with Gasteiger partial charge in [-0.25, -0.2) is 14.8 Å². The Kier molecular flexibility index (Phi) is 2.89. The van der Waals surface area contributed by atoms with E-state index in [-0.39, 0.29) is 12.5 Å². The molecule has 1 rings (SSSR count). The fourth-order valence-corrected chi connectivity index (χ4v) is 1.32. The minimum Gasteiger partial charge on any atom is -0.350 e. The summed E-state index contributed by atoms with van der Waals surface area (Å²) in [5.41, 5.74) is 5.11. The van der Waals surface area contributed by atoms with Crippen LogP contribution in [0, 0.1) is 0 Å². The minimum atomic E-state index is -0.616. The van der Waals surface area contributed by atoms with Gasteiger partial charge >= 0.3 is 6.03 Å². The molecule has 2 N–H and O–H groups in total. The first-order chi connectivity index (χ1) is 6.16. The predicted octanol–water partition coefficient (Wildman–Crippen LogP) is 0.0905. The number of nitrogens with zero attached hydrogens (tertiary/aromatic N) is 2. The first kappa shape index (κ1) is 9.57. The lowest BCUT2D eigenvalue weighted by Gasteiger charge is -2.28. The summed E-state index contributed by atoms with van der Waals surface area (Å²) in [7, 11) is 0. The fourth-order valence-electron chi connectivity index (χ4n) is 1.32. The first-order valence-corrected chi connectivity index (χ1v) is 4.15. The Morgan fingerprint density at radius 1 is 1.77 bits per heavy atom. The van der Waals surface area contributed by atoms with Gasteiger partial charge in [0.2, 0.25) is 5.91 Å². The molecule has 0 atom stereocenters. The van der Waals surface area contributed by atoms with E-state index in [9.17, 15) is 9.59 Å². The molecule has 0 spiro atoms. The van der Waals surface area contributed by atoms with Crippen LogP contribution >= 0.6 is 0 Å². The summed E-state index contributed by atoms with van der Waals surface area (Å²) in [5.74, 6) is -0.0550. The summed E-state index contributed by atoms with van der Waals surface area (Å²) in [5, 5.41) is 2.59. The molecule has 1 aliphatic rings. The van der Waals surface area contributed by atoms with Gasteiger partial charge in [0.05, 0.1) is 6.54 Å². The van der Waals surface area contributed by atoms with E-state index in [2.05, 4.69) is 6.58 Å². The molecule has 0 radical (unpaired) electrons.